The number of piperazine rings is 1. The van der Waals surface area contributed by atoms with Gasteiger partial charge in [0.1, 0.15) is 0 Å². The van der Waals surface area contributed by atoms with Crippen LogP contribution in [0.1, 0.15) is 36.2 Å². The summed E-state index contributed by atoms with van der Waals surface area (Å²) in [7, 11) is 0. The van der Waals surface area contributed by atoms with Crippen molar-refractivity contribution in [3.8, 4) is 5.82 Å². The highest BCUT2D eigenvalue weighted by Gasteiger charge is 2.30. The molecule has 1 saturated heterocycles. The second-order valence-corrected chi connectivity index (χ2v) is 8.54. The summed E-state index contributed by atoms with van der Waals surface area (Å²) in [6.45, 7) is 7.87. The fraction of sp³-hybridized carbons (Fsp3) is 0.619. The van der Waals surface area contributed by atoms with E-state index in [1.165, 1.54) is 24.8 Å². The van der Waals surface area contributed by atoms with Crippen molar-refractivity contribution < 1.29 is 4.79 Å². The number of rotatable bonds is 4. The third-order valence-electron chi connectivity index (χ3n) is 6.57. The minimum atomic E-state index is 0.263. The van der Waals surface area contributed by atoms with Crippen LogP contribution in [0.15, 0.2) is 18.3 Å². The van der Waals surface area contributed by atoms with Crippen molar-refractivity contribution in [2.24, 2.45) is 0 Å². The van der Waals surface area contributed by atoms with Crippen molar-refractivity contribution in [2.75, 3.05) is 39.3 Å². The molecule has 2 fully saturated rings. The lowest BCUT2D eigenvalue weighted by atomic mass is 9.91. The van der Waals surface area contributed by atoms with Gasteiger partial charge in [-0.25, -0.2) is 4.68 Å². The standard InChI is InChI=1S/C21H29N7O/c1-16-5-6-20(23-22-16)28-14-17-13-25(8-7-19(17)24-28)15-21(29)27-11-9-26(10-12-27)18-3-2-4-18/h5-6,14,18H,2-4,7-13,15H2,1H3. The number of fused-ring (bicyclic) bond motifs is 1. The Balaban J connectivity index is 1.17. The normalized spacial score (nSPS) is 21.1. The van der Waals surface area contributed by atoms with E-state index in [1.54, 1.807) is 0 Å². The van der Waals surface area contributed by atoms with Gasteiger partial charge in [-0.3, -0.25) is 14.6 Å². The van der Waals surface area contributed by atoms with E-state index in [2.05, 4.69) is 30.0 Å². The molecule has 4 heterocycles. The van der Waals surface area contributed by atoms with E-state index in [9.17, 15) is 4.79 Å². The summed E-state index contributed by atoms with van der Waals surface area (Å²) in [5, 5.41) is 13.0. The summed E-state index contributed by atoms with van der Waals surface area (Å²) in [6.07, 6.45) is 6.94. The molecule has 1 aliphatic carbocycles. The van der Waals surface area contributed by atoms with E-state index < -0.39 is 0 Å². The molecule has 5 rings (SSSR count). The molecule has 2 aliphatic heterocycles. The number of hydrogen-bond donors (Lipinski definition) is 0. The van der Waals surface area contributed by atoms with Crippen molar-refractivity contribution in [3.63, 3.8) is 0 Å². The molecular weight excluding hydrogens is 366 g/mol. The Morgan fingerprint density at radius 1 is 1.10 bits per heavy atom. The van der Waals surface area contributed by atoms with Crippen LogP contribution in [0, 0.1) is 6.92 Å². The van der Waals surface area contributed by atoms with Gasteiger partial charge >= 0.3 is 0 Å². The molecule has 1 saturated carbocycles. The lowest BCUT2D eigenvalue weighted by Crippen LogP contribution is -2.55. The summed E-state index contributed by atoms with van der Waals surface area (Å²) in [6, 6.07) is 4.66. The zero-order valence-electron chi connectivity index (χ0n) is 17.1. The van der Waals surface area contributed by atoms with Crippen LogP contribution < -0.4 is 0 Å². The quantitative estimate of drug-likeness (QED) is 0.770. The van der Waals surface area contributed by atoms with Crippen LogP contribution in [0.2, 0.25) is 0 Å². The number of nitrogens with zero attached hydrogens (tertiary/aromatic N) is 7. The molecule has 3 aliphatic rings. The van der Waals surface area contributed by atoms with Crippen molar-refractivity contribution in [1.29, 1.82) is 0 Å². The smallest absolute Gasteiger partial charge is 0.236 e. The molecule has 2 aromatic rings. The topological polar surface area (TPSA) is 70.4 Å². The molecule has 0 N–H and O–H groups in total. The van der Waals surface area contributed by atoms with Gasteiger partial charge in [-0.15, -0.1) is 5.10 Å². The molecule has 1 amide bonds. The first-order valence-electron chi connectivity index (χ1n) is 10.8. The Bertz CT molecular complexity index is 866. The third kappa shape index (κ3) is 3.91. The second kappa shape index (κ2) is 7.84. The summed E-state index contributed by atoms with van der Waals surface area (Å²) in [5.41, 5.74) is 3.18. The maximum atomic E-state index is 12.8. The van der Waals surface area contributed by atoms with Gasteiger partial charge in [0.15, 0.2) is 5.82 Å². The van der Waals surface area contributed by atoms with Gasteiger partial charge in [0.2, 0.25) is 5.91 Å². The predicted octanol–water partition coefficient (Wildman–Crippen LogP) is 1.03. The van der Waals surface area contributed by atoms with Gasteiger partial charge in [0.25, 0.3) is 0 Å². The molecule has 0 bridgehead atoms. The highest BCUT2D eigenvalue weighted by atomic mass is 16.2. The average molecular weight is 396 g/mol. The van der Waals surface area contributed by atoms with Gasteiger partial charge < -0.3 is 4.90 Å². The van der Waals surface area contributed by atoms with Crippen LogP contribution in [-0.2, 0) is 17.8 Å². The van der Waals surface area contributed by atoms with Gasteiger partial charge in [0.05, 0.1) is 17.9 Å². The highest BCUT2D eigenvalue weighted by Crippen LogP contribution is 2.25. The van der Waals surface area contributed by atoms with Crippen LogP contribution in [0.4, 0.5) is 0 Å². The molecule has 29 heavy (non-hydrogen) atoms. The van der Waals surface area contributed by atoms with E-state index in [1.807, 2.05) is 29.9 Å². The van der Waals surface area contributed by atoms with Gasteiger partial charge in [0, 0.05) is 63.5 Å². The molecule has 0 aromatic carbocycles. The van der Waals surface area contributed by atoms with Crippen LogP contribution >= 0.6 is 0 Å². The molecule has 2 aromatic heterocycles. The molecule has 0 unspecified atom stereocenters. The number of carbonyl (C=O) groups is 1. The van der Waals surface area contributed by atoms with E-state index in [-0.39, 0.29) is 5.91 Å². The number of carbonyl (C=O) groups excluding carboxylic acids is 1. The van der Waals surface area contributed by atoms with Crippen molar-refractivity contribution in [2.45, 2.75) is 45.2 Å². The minimum Gasteiger partial charge on any atom is -0.339 e. The SMILES string of the molecule is Cc1ccc(-n2cc3c(n2)CCN(CC(=O)N2CCN(C4CCC4)CC2)C3)nn1. The summed E-state index contributed by atoms with van der Waals surface area (Å²) >= 11 is 0. The van der Waals surface area contributed by atoms with E-state index in [0.717, 1.165) is 68.9 Å². The fourth-order valence-electron chi connectivity index (χ4n) is 4.52. The van der Waals surface area contributed by atoms with E-state index in [0.29, 0.717) is 6.54 Å². The van der Waals surface area contributed by atoms with E-state index in [4.69, 9.17) is 0 Å². The molecular formula is C21H29N7O. The second-order valence-electron chi connectivity index (χ2n) is 8.54. The Morgan fingerprint density at radius 2 is 1.93 bits per heavy atom. The number of hydrogen-bond acceptors (Lipinski definition) is 6. The van der Waals surface area contributed by atoms with E-state index >= 15 is 0 Å². The first kappa shape index (κ1) is 18.7. The van der Waals surface area contributed by atoms with Gasteiger partial charge in [-0.05, 0) is 31.9 Å². The lowest BCUT2D eigenvalue weighted by molar-refractivity contribution is -0.135. The summed E-state index contributed by atoms with van der Waals surface area (Å²) in [5.74, 6) is 0.996. The summed E-state index contributed by atoms with van der Waals surface area (Å²) < 4.78 is 1.81. The summed E-state index contributed by atoms with van der Waals surface area (Å²) in [4.78, 5) is 19.7. The monoisotopic (exact) mass is 395 g/mol. The highest BCUT2D eigenvalue weighted by molar-refractivity contribution is 5.78. The van der Waals surface area contributed by atoms with Crippen LogP contribution in [-0.4, -0.2) is 85.9 Å². The number of aromatic nitrogens is 4. The fourth-order valence-corrected chi connectivity index (χ4v) is 4.52. The van der Waals surface area contributed by atoms with Gasteiger partial charge in [-0.2, -0.15) is 10.2 Å². The van der Waals surface area contributed by atoms with Crippen molar-refractivity contribution in [1.82, 2.24) is 34.7 Å². The largest absolute Gasteiger partial charge is 0.339 e. The van der Waals surface area contributed by atoms with Crippen LogP contribution in [0.25, 0.3) is 5.82 Å². The van der Waals surface area contributed by atoms with Crippen molar-refractivity contribution >= 4 is 5.91 Å². The minimum absolute atomic E-state index is 0.263. The predicted molar refractivity (Wildman–Crippen MR) is 109 cm³/mol. The Hall–Kier alpha value is -2.32. The van der Waals surface area contributed by atoms with Crippen molar-refractivity contribution in [3.05, 3.63) is 35.3 Å². The maximum absolute atomic E-state index is 12.8. The molecule has 0 atom stereocenters. The molecule has 8 heteroatoms. The first-order chi connectivity index (χ1) is 14.2. The average Bonchev–Trinajstić information content (AvgIpc) is 3.11. The Kier molecular flexibility index (Phi) is 5.05. The third-order valence-corrected chi connectivity index (χ3v) is 6.57. The zero-order valence-corrected chi connectivity index (χ0v) is 17.1. The Labute approximate surface area is 171 Å². The van der Waals surface area contributed by atoms with Crippen LogP contribution in [0.3, 0.4) is 0 Å². The maximum Gasteiger partial charge on any atom is 0.236 e. The lowest BCUT2D eigenvalue weighted by Gasteiger charge is -2.43. The number of aryl methyl sites for hydroxylation is 1. The molecule has 0 radical (unpaired) electrons. The van der Waals surface area contributed by atoms with Crippen LogP contribution in [0.5, 0.6) is 0 Å². The van der Waals surface area contributed by atoms with Gasteiger partial charge in [-0.1, -0.05) is 6.42 Å². The zero-order chi connectivity index (χ0) is 19.8. The molecule has 8 nitrogen and oxygen atoms in total. The number of amides is 1. The Morgan fingerprint density at radius 3 is 2.62 bits per heavy atom. The molecule has 0 spiro atoms. The molecule has 154 valence electrons. The first-order valence-corrected chi connectivity index (χ1v) is 10.8.